The Morgan fingerprint density at radius 1 is 1.35 bits per heavy atom. The van der Waals surface area contributed by atoms with Crippen molar-refractivity contribution in [3.05, 3.63) is 42.3 Å². The average Bonchev–Trinajstić information content (AvgIpc) is 3.09. The average molecular weight is 272 g/mol. The van der Waals surface area contributed by atoms with Gasteiger partial charge in [-0.05, 0) is 12.1 Å². The van der Waals surface area contributed by atoms with Crippen molar-refractivity contribution in [3.63, 3.8) is 0 Å². The number of aromatic nitrogens is 6. The molecule has 0 saturated carbocycles. The highest BCUT2D eigenvalue weighted by Gasteiger charge is 2.22. The van der Waals surface area contributed by atoms with Crippen molar-refractivity contribution in [2.24, 2.45) is 0 Å². The largest absolute Gasteiger partial charge is 0.476 e. The Labute approximate surface area is 111 Å². The van der Waals surface area contributed by atoms with Crippen molar-refractivity contribution in [3.8, 4) is 11.4 Å². The highest BCUT2D eigenvalue weighted by molar-refractivity contribution is 5.92. The third-order valence-electron chi connectivity index (χ3n) is 2.54. The molecule has 0 unspecified atom stereocenters. The maximum atomic E-state index is 11.2. The van der Waals surface area contributed by atoms with Gasteiger partial charge >= 0.3 is 5.97 Å². The number of pyridine rings is 1. The third kappa shape index (κ3) is 2.11. The molecule has 0 aliphatic carbocycles. The van der Waals surface area contributed by atoms with Crippen LogP contribution in [0.25, 0.3) is 11.4 Å². The highest BCUT2D eigenvalue weighted by atomic mass is 16.5. The summed E-state index contributed by atoms with van der Waals surface area (Å²) >= 11 is 0. The van der Waals surface area contributed by atoms with Crippen LogP contribution in [0.1, 0.15) is 16.4 Å². The molecule has 0 amide bonds. The molecule has 0 radical (unpaired) electrons. The Balaban J connectivity index is 2.09. The molecule has 0 bridgehead atoms. The van der Waals surface area contributed by atoms with Gasteiger partial charge in [0.2, 0.25) is 5.89 Å². The van der Waals surface area contributed by atoms with E-state index in [9.17, 15) is 9.90 Å². The van der Waals surface area contributed by atoms with Crippen LogP contribution in [-0.2, 0) is 6.54 Å². The van der Waals surface area contributed by atoms with E-state index in [2.05, 4.69) is 25.4 Å². The minimum Gasteiger partial charge on any atom is -0.476 e. The number of hydrogen-bond acceptors (Lipinski definition) is 7. The van der Waals surface area contributed by atoms with Gasteiger partial charge in [-0.2, -0.15) is 4.98 Å². The molecular formula is C11H8N6O3. The minimum absolute atomic E-state index is 0.117. The summed E-state index contributed by atoms with van der Waals surface area (Å²) in [5.41, 5.74) is 0.564. The van der Waals surface area contributed by atoms with Gasteiger partial charge in [-0.1, -0.05) is 16.4 Å². The molecular weight excluding hydrogens is 264 g/mol. The Bertz CT molecular complexity index is 722. The normalized spacial score (nSPS) is 10.6. The van der Waals surface area contributed by atoms with Crippen LogP contribution in [0, 0.1) is 0 Å². The molecule has 0 fully saturated rings. The molecule has 3 rings (SSSR count). The summed E-state index contributed by atoms with van der Waals surface area (Å²) in [6.07, 6.45) is 2.82. The van der Waals surface area contributed by atoms with Crippen molar-refractivity contribution < 1.29 is 14.4 Å². The van der Waals surface area contributed by atoms with Gasteiger partial charge in [-0.25, -0.2) is 9.48 Å². The van der Waals surface area contributed by atoms with Gasteiger partial charge in [0.1, 0.15) is 12.2 Å². The summed E-state index contributed by atoms with van der Waals surface area (Å²) in [6, 6.07) is 5.16. The van der Waals surface area contributed by atoms with Gasteiger partial charge in [0, 0.05) is 6.20 Å². The van der Waals surface area contributed by atoms with Crippen molar-refractivity contribution in [2.75, 3.05) is 0 Å². The fourth-order valence-electron chi connectivity index (χ4n) is 1.72. The van der Waals surface area contributed by atoms with E-state index in [1.54, 1.807) is 24.4 Å². The molecule has 0 spiro atoms. The Morgan fingerprint density at radius 2 is 2.25 bits per heavy atom. The molecule has 9 heteroatoms. The zero-order chi connectivity index (χ0) is 13.9. The van der Waals surface area contributed by atoms with Crippen molar-refractivity contribution in [1.29, 1.82) is 0 Å². The van der Waals surface area contributed by atoms with E-state index in [0.717, 1.165) is 0 Å². The zero-order valence-corrected chi connectivity index (χ0v) is 10.0. The Hall–Kier alpha value is -3.10. The van der Waals surface area contributed by atoms with Crippen LogP contribution in [0.3, 0.4) is 0 Å². The summed E-state index contributed by atoms with van der Waals surface area (Å²) in [5, 5.41) is 20.1. The topological polar surface area (TPSA) is 120 Å². The maximum Gasteiger partial charge on any atom is 0.358 e. The molecule has 0 saturated heterocycles. The van der Waals surface area contributed by atoms with Crippen LogP contribution in [-0.4, -0.2) is 41.2 Å². The number of carboxylic acids is 1. The SMILES string of the molecule is O=C(O)c1nnn(Cc2ncno2)c1-c1ccccn1. The third-order valence-corrected chi connectivity index (χ3v) is 2.54. The highest BCUT2D eigenvalue weighted by Crippen LogP contribution is 2.20. The van der Waals surface area contributed by atoms with Crippen molar-refractivity contribution in [2.45, 2.75) is 6.54 Å². The summed E-state index contributed by atoms with van der Waals surface area (Å²) in [5.74, 6) is -0.883. The second-order valence-corrected chi connectivity index (χ2v) is 3.80. The quantitative estimate of drug-likeness (QED) is 0.727. The first-order valence-corrected chi connectivity index (χ1v) is 5.59. The molecule has 100 valence electrons. The molecule has 0 aliphatic heterocycles. The van der Waals surface area contributed by atoms with Crippen LogP contribution < -0.4 is 0 Å². The summed E-state index contributed by atoms with van der Waals surface area (Å²) < 4.78 is 6.24. The summed E-state index contributed by atoms with van der Waals surface area (Å²) in [7, 11) is 0. The predicted octanol–water partition coefficient (Wildman–Crippen LogP) is 0.470. The number of carboxylic acid groups (broad SMARTS) is 1. The summed E-state index contributed by atoms with van der Waals surface area (Å²) in [4.78, 5) is 19.2. The second kappa shape index (κ2) is 4.88. The lowest BCUT2D eigenvalue weighted by molar-refractivity contribution is 0.0691. The molecule has 0 aromatic carbocycles. The lowest BCUT2D eigenvalue weighted by Crippen LogP contribution is -2.07. The maximum absolute atomic E-state index is 11.2. The van der Waals surface area contributed by atoms with E-state index in [4.69, 9.17) is 4.52 Å². The van der Waals surface area contributed by atoms with Crippen molar-refractivity contribution >= 4 is 5.97 Å². The minimum atomic E-state index is -1.18. The Morgan fingerprint density at radius 3 is 2.90 bits per heavy atom. The van der Waals surface area contributed by atoms with Gasteiger partial charge < -0.3 is 9.63 Å². The van der Waals surface area contributed by atoms with E-state index in [1.165, 1.54) is 11.0 Å². The molecule has 0 aliphatic rings. The predicted molar refractivity (Wildman–Crippen MR) is 63.6 cm³/mol. The number of nitrogens with zero attached hydrogens (tertiary/aromatic N) is 6. The van der Waals surface area contributed by atoms with Gasteiger partial charge in [-0.3, -0.25) is 4.98 Å². The van der Waals surface area contributed by atoms with Gasteiger partial charge in [0.05, 0.1) is 5.69 Å². The fraction of sp³-hybridized carbons (Fsp3) is 0.0909. The lowest BCUT2D eigenvalue weighted by atomic mass is 10.2. The van der Waals surface area contributed by atoms with Crippen LogP contribution in [0.2, 0.25) is 0 Å². The zero-order valence-electron chi connectivity index (χ0n) is 10.0. The number of aromatic carboxylic acids is 1. The van der Waals surface area contributed by atoms with Crippen LogP contribution in [0.5, 0.6) is 0 Å². The number of rotatable bonds is 4. The van der Waals surface area contributed by atoms with E-state index in [0.29, 0.717) is 11.6 Å². The first kappa shape index (κ1) is 12.0. The van der Waals surface area contributed by atoms with Gasteiger partial charge in [-0.15, -0.1) is 5.10 Å². The van der Waals surface area contributed by atoms with E-state index < -0.39 is 5.97 Å². The lowest BCUT2D eigenvalue weighted by Gasteiger charge is -2.03. The van der Waals surface area contributed by atoms with E-state index >= 15 is 0 Å². The van der Waals surface area contributed by atoms with Crippen LogP contribution in [0.15, 0.2) is 35.2 Å². The smallest absolute Gasteiger partial charge is 0.358 e. The van der Waals surface area contributed by atoms with E-state index in [1.807, 2.05) is 0 Å². The summed E-state index contributed by atoms with van der Waals surface area (Å²) in [6.45, 7) is 0.117. The van der Waals surface area contributed by atoms with Crippen molar-refractivity contribution in [1.82, 2.24) is 30.1 Å². The molecule has 0 atom stereocenters. The first-order valence-electron chi connectivity index (χ1n) is 5.59. The molecule has 3 heterocycles. The standard InChI is InChI=1S/C11H8N6O3/c18-11(19)9-10(7-3-1-2-4-12-7)17(16-15-9)5-8-13-6-14-20-8/h1-4,6H,5H2,(H,18,19). The monoisotopic (exact) mass is 272 g/mol. The fourth-order valence-corrected chi connectivity index (χ4v) is 1.72. The van der Waals surface area contributed by atoms with Crippen LogP contribution in [0.4, 0.5) is 0 Å². The molecule has 3 aromatic heterocycles. The van der Waals surface area contributed by atoms with Crippen LogP contribution >= 0.6 is 0 Å². The van der Waals surface area contributed by atoms with Gasteiger partial charge in [0.15, 0.2) is 12.0 Å². The Kier molecular flexibility index (Phi) is 2.92. The molecule has 9 nitrogen and oxygen atoms in total. The number of carbonyl (C=O) groups is 1. The van der Waals surface area contributed by atoms with E-state index in [-0.39, 0.29) is 17.9 Å². The molecule has 20 heavy (non-hydrogen) atoms. The second-order valence-electron chi connectivity index (χ2n) is 3.80. The van der Waals surface area contributed by atoms with Gasteiger partial charge in [0.25, 0.3) is 0 Å². The molecule has 1 N–H and O–H groups in total. The number of hydrogen-bond donors (Lipinski definition) is 1. The first-order chi connectivity index (χ1) is 9.75. The molecule has 3 aromatic rings.